The van der Waals surface area contributed by atoms with Gasteiger partial charge in [-0.2, -0.15) is 11.8 Å². The maximum atomic E-state index is 11.0. The van der Waals surface area contributed by atoms with E-state index in [0.29, 0.717) is 17.4 Å². The van der Waals surface area contributed by atoms with E-state index in [0.717, 1.165) is 17.7 Å². The molecule has 1 atom stereocenters. The van der Waals surface area contributed by atoms with Gasteiger partial charge in [-0.3, -0.25) is 0 Å². The fraction of sp³-hybridized carbons (Fsp3) is 0.417. The van der Waals surface area contributed by atoms with Crippen LogP contribution in [0.1, 0.15) is 29.3 Å². The van der Waals surface area contributed by atoms with Crippen LogP contribution in [0.2, 0.25) is 0 Å². The number of rotatable bonds is 6. The van der Waals surface area contributed by atoms with Gasteiger partial charge in [0.05, 0.1) is 5.56 Å². The topological polar surface area (TPSA) is 63.3 Å². The van der Waals surface area contributed by atoms with Crippen LogP contribution in [0.3, 0.4) is 0 Å². The van der Waals surface area contributed by atoms with E-state index in [1.165, 1.54) is 0 Å². The lowest BCUT2D eigenvalue weighted by Crippen LogP contribution is -2.08. The summed E-state index contributed by atoms with van der Waals surface area (Å²) in [7, 11) is 0. The van der Waals surface area contributed by atoms with Crippen molar-refractivity contribution in [1.29, 1.82) is 0 Å². The van der Waals surface area contributed by atoms with E-state index in [1.54, 1.807) is 23.9 Å². The number of carboxylic acid groups (broad SMARTS) is 1. The van der Waals surface area contributed by atoms with Gasteiger partial charge in [-0.25, -0.2) is 4.79 Å². The summed E-state index contributed by atoms with van der Waals surface area (Å²) in [4.78, 5) is 11.0. The lowest BCUT2D eigenvalue weighted by molar-refractivity contribution is 0.0696. The molecule has 0 aliphatic rings. The van der Waals surface area contributed by atoms with Crippen molar-refractivity contribution in [1.82, 2.24) is 0 Å². The first-order valence-corrected chi connectivity index (χ1v) is 6.33. The first kappa shape index (κ1) is 13.1. The van der Waals surface area contributed by atoms with Crippen molar-refractivity contribution >= 4 is 17.7 Å². The molecule has 0 saturated heterocycles. The van der Waals surface area contributed by atoms with Crippen LogP contribution < -0.4 is 5.73 Å². The molecule has 16 heavy (non-hydrogen) atoms. The highest BCUT2D eigenvalue weighted by Crippen LogP contribution is 2.21. The Kier molecular flexibility index (Phi) is 5.35. The second kappa shape index (κ2) is 6.55. The minimum absolute atomic E-state index is 0.398. The zero-order valence-electron chi connectivity index (χ0n) is 9.35. The largest absolute Gasteiger partial charge is 0.478 e. The predicted octanol–water partition coefficient (Wildman–Crippen LogP) is 2.36. The summed E-state index contributed by atoms with van der Waals surface area (Å²) in [5.41, 5.74) is 6.75. The molecule has 0 amide bonds. The Hall–Kier alpha value is -1.00. The fourth-order valence-corrected chi connectivity index (χ4v) is 2.42. The highest BCUT2D eigenvalue weighted by atomic mass is 32.2. The van der Waals surface area contributed by atoms with E-state index < -0.39 is 5.97 Å². The molecule has 88 valence electrons. The van der Waals surface area contributed by atoms with E-state index in [2.05, 4.69) is 6.92 Å². The predicted molar refractivity (Wildman–Crippen MR) is 67.8 cm³/mol. The van der Waals surface area contributed by atoms with Crippen molar-refractivity contribution in [2.75, 3.05) is 6.54 Å². The molecular weight excluding hydrogens is 222 g/mol. The molecule has 0 radical (unpaired) electrons. The number of benzene rings is 1. The molecule has 1 aromatic carbocycles. The minimum Gasteiger partial charge on any atom is -0.478 e. The van der Waals surface area contributed by atoms with Crippen LogP contribution in [-0.2, 0) is 5.75 Å². The first-order chi connectivity index (χ1) is 7.65. The summed E-state index contributed by atoms with van der Waals surface area (Å²) >= 11 is 1.74. The molecule has 1 unspecified atom stereocenters. The molecule has 0 bridgehead atoms. The van der Waals surface area contributed by atoms with Crippen LogP contribution in [0.5, 0.6) is 0 Å². The van der Waals surface area contributed by atoms with Crippen LogP contribution in [0.4, 0.5) is 0 Å². The van der Waals surface area contributed by atoms with Gasteiger partial charge in [0.1, 0.15) is 0 Å². The quantitative estimate of drug-likeness (QED) is 0.800. The number of carboxylic acids is 1. The summed E-state index contributed by atoms with van der Waals surface area (Å²) in [6.45, 7) is 2.79. The standard InChI is InChI=1S/C12H17NO2S/c1-9(6-7-13)16-8-10-4-2-3-5-11(10)12(14)15/h2-5,9H,6-8,13H2,1H3,(H,14,15). The summed E-state index contributed by atoms with van der Waals surface area (Å²) in [5.74, 6) is -0.133. The molecule has 3 nitrogen and oxygen atoms in total. The molecule has 0 heterocycles. The Morgan fingerprint density at radius 1 is 1.50 bits per heavy atom. The minimum atomic E-state index is -0.859. The Labute approximate surface area is 100 Å². The van der Waals surface area contributed by atoms with Gasteiger partial charge in [-0.05, 0) is 24.6 Å². The lowest BCUT2D eigenvalue weighted by atomic mass is 10.1. The van der Waals surface area contributed by atoms with Gasteiger partial charge in [0.15, 0.2) is 0 Å². The normalized spacial score (nSPS) is 12.4. The molecule has 3 N–H and O–H groups in total. The first-order valence-electron chi connectivity index (χ1n) is 5.28. The smallest absolute Gasteiger partial charge is 0.335 e. The zero-order valence-corrected chi connectivity index (χ0v) is 10.2. The Morgan fingerprint density at radius 2 is 2.19 bits per heavy atom. The molecule has 1 aromatic rings. The molecular formula is C12H17NO2S. The fourth-order valence-electron chi connectivity index (χ4n) is 1.40. The van der Waals surface area contributed by atoms with E-state index in [-0.39, 0.29) is 0 Å². The van der Waals surface area contributed by atoms with E-state index in [4.69, 9.17) is 10.8 Å². The van der Waals surface area contributed by atoms with Crippen LogP contribution in [-0.4, -0.2) is 22.9 Å². The molecule has 0 aliphatic carbocycles. The van der Waals surface area contributed by atoms with Gasteiger partial charge in [-0.15, -0.1) is 0 Å². The van der Waals surface area contributed by atoms with Crippen molar-refractivity contribution in [3.8, 4) is 0 Å². The van der Waals surface area contributed by atoms with Gasteiger partial charge in [0, 0.05) is 11.0 Å². The van der Waals surface area contributed by atoms with Crippen LogP contribution in [0.15, 0.2) is 24.3 Å². The molecule has 0 aliphatic heterocycles. The van der Waals surface area contributed by atoms with Crippen LogP contribution >= 0.6 is 11.8 Å². The van der Waals surface area contributed by atoms with Crippen molar-refractivity contribution in [3.05, 3.63) is 35.4 Å². The average Bonchev–Trinajstić information content (AvgIpc) is 2.27. The van der Waals surface area contributed by atoms with Gasteiger partial charge in [0.2, 0.25) is 0 Å². The highest BCUT2D eigenvalue weighted by Gasteiger charge is 2.10. The molecule has 4 heteroatoms. The van der Waals surface area contributed by atoms with E-state index in [9.17, 15) is 4.79 Å². The summed E-state index contributed by atoms with van der Waals surface area (Å²) in [6.07, 6.45) is 0.958. The Bertz CT molecular complexity index is 355. The number of hydrogen-bond acceptors (Lipinski definition) is 3. The Balaban J connectivity index is 2.63. The number of nitrogens with two attached hydrogens (primary N) is 1. The number of hydrogen-bond donors (Lipinski definition) is 2. The third-order valence-corrected chi connectivity index (χ3v) is 3.63. The maximum Gasteiger partial charge on any atom is 0.335 e. The molecule has 0 fully saturated rings. The Morgan fingerprint density at radius 3 is 2.81 bits per heavy atom. The third-order valence-electron chi connectivity index (χ3n) is 2.34. The number of aromatic carboxylic acids is 1. The van der Waals surface area contributed by atoms with Gasteiger partial charge >= 0.3 is 5.97 Å². The molecule has 0 saturated carbocycles. The van der Waals surface area contributed by atoms with Crippen molar-refractivity contribution in [3.63, 3.8) is 0 Å². The zero-order chi connectivity index (χ0) is 12.0. The number of thioether (sulfide) groups is 1. The van der Waals surface area contributed by atoms with Crippen LogP contribution in [0.25, 0.3) is 0 Å². The van der Waals surface area contributed by atoms with Gasteiger partial charge in [-0.1, -0.05) is 25.1 Å². The summed E-state index contributed by atoms with van der Waals surface area (Å²) in [5, 5.41) is 9.47. The molecule has 0 spiro atoms. The third kappa shape index (κ3) is 3.87. The van der Waals surface area contributed by atoms with Gasteiger partial charge < -0.3 is 10.8 Å². The van der Waals surface area contributed by atoms with Crippen molar-refractivity contribution < 1.29 is 9.90 Å². The second-order valence-electron chi connectivity index (χ2n) is 3.66. The maximum absolute atomic E-state index is 11.0. The van der Waals surface area contributed by atoms with E-state index >= 15 is 0 Å². The monoisotopic (exact) mass is 239 g/mol. The van der Waals surface area contributed by atoms with E-state index in [1.807, 2.05) is 12.1 Å². The van der Waals surface area contributed by atoms with Crippen molar-refractivity contribution in [2.24, 2.45) is 5.73 Å². The molecule has 1 rings (SSSR count). The summed E-state index contributed by atoms with van der Waals surface area (Å²) < 4.78 is 0. The summed E-state index contributed by atoms with van der Waals surface area (Å²) in [6, 6.07) is 7.13. The SMILES string of the molecule is CC(CCN)SCc1ccccc1C(=O)O. The van der Waals surface area contributed by atoms with Crippen LogP contribution in [0, 0.1) is 0 Å². The highest BCUT2D eigenvalue weighted by molar-refractivity contribution is 7.99. The lowest BCUT2D eigenvalue weighted by Gasteiger charge is -2.10. The van der Waals surface area contributed by atoms with Gasteiger partial charge in [0.25, 0.3) is 0 Å². The van der Waals surface area contributed by atoms with Crippen molar-refractivity contribution in [2.45, 2.75) is 24.3 Å². The average molecular weight is 239 g/mol. The second-order valence-corrected chi connectivity index (χ2v) is 5.09. The molecule has 0 aromatic heterocycles. The number of carbonyl (C=O) groups is 1.